The van der Waals surface area contributed by atoms with Gasteiger partial charge in [0.25, 0.3) is 0 Å². The number of aromatic nitrogens is 1. The minimum absolute atomic E-state index is 0.102. The van der Waals surface area contributed by atoms with Crippen LogP contribution in [-0.4, -0.2) is 39.8 Å². The summed E-state index contributed by atoms with van der Waals surface area (Å²) < 4.78 is 16.0. The predicted octanol–water partition coefficient (Wildman–Crippen LogP) is 1.41. The van der Waals surface area contributed by atoms with Gasteiger partial charge in [-0.2, -0.15) is 0 Å². The smallest absolute Gasteiger partial charge is 0.340 e. The molecule has 0 radical (unpaired) electrons. The molecule has 20 heavy (non-hydrogen) atoms. The molecule has 3 N–H and O–H groups in total. The van der Waals surface area contributed by atoms with E-state index in [1.165, 1.54) is 6.20 Å². The molecule has 0 amide bonds. The molecule has 2 unspecified atom stereocenters. The zero-order valence-electron chi connectivity index (χ0n) is 12.0. The second kappa shape index (κ2) is 7.84. The van der Waals surface area contributed by atoms with Crippen LogP contribution in [0.1, 0.15) is 30.6 Å². The second-order valence-electron chi connectivity index (χ2n) is 4.49. The van der Waals surface area contributed by atoms with Gasteiger partial charge in [-0.1, -0.05) is 0 Å². The van der Waals surface area contributed by atoms with Crippen LogP contribution in [0.3, 0.4) is 0 Å². The lowest BCUT2D eigenvalue weighted by molar-refractivity contribution is 0.0527. The lowest BCUT2D eigenvalue weighted by Crippen LogP contribution is -2.19. The topological polar surface area (TPSA) is 94.3 Å². The summed E-state index contributed by atoms with van der Waals surface area (Å²) in [4.78, 5) is 15.8. The van der Waals surface area contributed by atoms with Crippen molar-refractivity contribution in [3.8, 4) is 0 Å². The summed E-state index contributed by atoms with van der Waals surface area (Å²) in [6, 6.07) is 1.68. The highest BCUT2D eigenvalue weighted by Crippen LogP contribution is 2.17. The zero-order valence-corrected chi connectivity index (χ0v) is 12.8. The van der Waals surface area contributed by atoms with Gasteiger partial charge in [-0.25, -0.2) is 9.78 Å². The fraction of sp³-hybridized carbons (Fsp3) is 0.538. The van der Waals surface area contributed by atoms with Crippen molar-refractivity contribution in [2.24, 2.45) is 0 Å². The van der Waals surface area contributed by atoms with E-state index in [0.717, 1.165) is 6.42 Å². The largest absolute Gasteiger partial charge is 0.462 e. The van der Waals surface area contributed by atoms with Gasteiger partial charge in [0, 0.05) is 28.9 Å². The molecule has 1 heterocycles. The lowest BCUT2D eigenvalue weighted by atomic mass is 10.2. The van der Waals surface area contributed by atoms with Crippen LogP contribution in [0.25, 0.3) is 0 Å². The predicted molar refractivity (Wildman–Crippen MR) is 81.2 cm³/mol. The van der Waals surface area contributed by atoms with Crippen LogP contribution in [0.15, 0.2) is 12.3 Å². The Hall–Kier alpha value is -1.63. The maximum atomic E-state index is 11.7. The van der Waals surface area contributed by atoms with Crippen molar-refractivity contribution in [3.05, 3.63) is 17.8 Å². The summed E-state index contributed by atoms with van der Waals surface area (Å²) in [6.07, 6.45) is 3.86. The molecule has 0 saturated heterocycles. The molecule has 1 rings (SSSR count). The molecule has 0 aliphatic rings. The number of pyridine rings is 1. The number of ether oxygens (including phenoxy) is 1. The number of carbonyl (C=O) groups excluding carboxylic acids is 1. The van der Waals surface area contributed by atoms with Crippen LogP contribution < -0.4 is 11.1 Å². The van der Waals surface area contributed by atoms with Crippen molar-refractivity contribution >= 4 is 28.3 Å². The number of rotatable bonds is 7. The van der Waals surface area contributed by atoms with E-state index in [1.54, 1.807) is 19.2 Å². The van der Waals surface area contributed by atoms with Gasteiger partial charge in [0.05, 0.1) is 24.1 Å². The Morgan fingerprint density at radius 1 is 1.60 bits per heavy atom. The van der Waals surface area contributed by atoms with Crippen molar-refractivity contribution in [1.29, 1.82) is 0 Å². The number of nitrogens with zero attached hydrogens (tertiary/aromatic N) is 1. The number of nitrogens with one attached hydrogen (secondary N) is 1. The van der Waals surface area contributed by atoms with Gasteiger partial charge in [0.15, 0.2) is 0 Å². The monoisotopic (exact) mass is 299 g/mol. The first-order valence-corrected chi connectivity index (χ1v) is 8.16. The molecule has 7 heteroatoms. The summed E-state index contributed by atoms with van der Waals surface area (Å²) in [7, 11) is -0.817. The third-order valence-corrected chi connectivity index (χ3v) is 3.47. The first-order valence-electron chi connectivity index (χ1n) is 6.43. The Labute approximate surface area is 121 Å². The highest BCUT2D eigenvalue weighted by Gasteiger charge is 2.13. The molecule has 2 atom stereocenters. The van der Waals surface area contributed by atoms with Crippen LogP contribution in [0.4, 0.5) is 11.5 Å². The van der Waals surface area contributed by atoms with E-state index in [2.05, 4.69) is 10.3 Å². The lowest BCUT2D eigenvalue weighted by Gasteiger charge is -2.15. The minimum Gasteiger partial charge on any atom is -0.462 e. The molecule has 0 saturated carbocycles. The standard InChI is InChI=1S/C13H21N3O3S/c1-4-19-13(17)10-7-12(15-8-11(10)14)16-9(2)5-6-20(3)18/h7-9H,4-6,14H2,1-3H3,(H,15,16). The van der Waals surface area contributed by atoms with Crippen molar-refractivity contribution in [1.82, 2.24) is 4.98 Å². The number of anilines is 2. The van der Waals surface area contributed by atoms with Crippen LogP contribution in [0, 0.1) is 0 Å². The van der Waals surface area contributed by atoms with E-state index < -0.39 is 16.8 Å². The number of hydrogen-bond acceptors (Lipinski definition) is 6. The van der Waals surface area contributed by atoms with Crippen LogP contribution in [0.2, 0.25) is 0 Å². The molecular weight excluding hydrogens is 278 g/mol. The summed E-state index contributed by atoms with van der Waals surface area (Å²) in [6.45, 7) is 4.00. The van der Waals surface area contributed by atoms with Crippen molar-refractivity contribution in [3.63, 3.8) is 0 Å². The number of hydrogen-bond donors (Lipinski definition) is 2. The van der Waals surface area contributed by atoms with Gasteiger partial charge in [0.1, 0.15) is 5.82 Å². The third-order valence-electron chi connectivity index (χ3n) is 2.66. The van der Waals surface area contributed by atoms with Crippen LogP contribution >= 0.6 is 0 Å². The second-order valence-corrected chi connectivity index (χ2v) is 6.04. The fourth-order valence-corrected chi connectivity index (χ4v) is 2.28. The molecule has 112 valence electrons. The average molecular weight is 299 g/mol. The molecule has 0 aliphatic heterocycles. The number of esters is 1. The maximum absolute atomic E-state index is 11.7. The van der Waals surface area contributed by atoms with E-state index in [9.17, 15) is 9.00 Å². The third kappa shape index (κ3) is 5.16. The Morgan fingerprint density at radius 2 is 2.30 bits per heavy atom. The highest BCUT2D eigenvalue weighted by molar-refractivity contribution is 7.84. The van der Waals surface area contributed by atoms with Crippen LogP contribution in [0.5, 0.6) is 0 Å². The summed E-state index contributed by atoms with van der Waals surface area (Å²) in [5.41, 5.74) is 6.31. The van der Waals surface area contributed by atoms with E-state index >= 15 is 0 Å². The SMILES string of the molecule is CCOC(=O)c1cc(NC(C)CCS(C)=O)ncc1N. The van der Waals surface area contributed by atoms with Gasteiger partial charge in [0.2, 0.25) is 0 Å². The van der Waals surface area contributed by atoms with Gasteiger partial charge in [-0.3, -0.25) is 4.21 Å². The molecule has 1 aromatic rings. The molecule has 0 aliphatic carbocycles. The van der Waals surface area contributed by atoms with Crippen LogP contribution in [-0.2, 0) is 15.5 Å². The average Bonchev–Trinajstić information content (AvgIpc) is 2.39. The number of nitrogens with two attached hydrogens (primary N) is 1. The molecule has 6 nitrogen and oxygen atoms in total. The normalized spacial score (nSPS) is 13.6. The fourth-order valence-electron chi connectivity index (χ4n) is 1.60. The van der Waals surface area contributed by atoms with E-state index in [0.29, 0.717) is 23.7 Å². The maximum Gasteiger partial charge on any atom is 0.340 e. The van der Waals surface area contributed by atoms with Gasteiger partial charge < -0.3 is 15.8 Å². The van der Waals surface area contributed by atoms with Gasteiger partial charge in [-0.15, -0.1) is 0 Å². The minimum atomic E-state index is -0.817. The molecule has 0 fully saturated rings. The van der Waals surface area contributed by atoms with E-state index in [-0.39, 0.29) is 11.7 Å². The van der Waals surface area contributed by atoms with Gasteiger partial charge in [-0.05, 0) is 26.3 Å². The van der Waals surface area contributed by atoms with Crippen molar-refractivity contribution < 1.29 is 13.7 Å². The Bertz CT molecular complexity index is 494. The first kappa shape index (κ1) is 16.4. The number of carbonyl (C=O) groups is 1. The molecular formula is C13H21N3O3S. The quantitative estimate of drug-likeness (QED) is 0.739. The number of nitrogen functional groups attached to an aromatic ring is 1. The Balaban J connectivity index is 2.74. The van der Waals surface area contributed by atoms with Crippen molar-refractivity contribution in [2.75, 3.05) is 29.7 Å². The summed E-state index contributed by atoms with van der Waals surface area (Å²) >= 11 is 0. The Morgan fingerprint density at radius 3 is 2.90 bits per heavy atom. The molecule has 0 aromatic carbocycles. The molecule has 1 aromatic heterocycles. The van der Waals surface area contributed by atoms with Gasteiger partial charge >= 0.3 is 5.97 Å². The highest BCUT2D eigenvalue weighted by atomic mass is 32.2. The molecule has 0 spiro atoms. The molecule has 0 bridgehead atoms. The first-order chi connectivity index (χ1) is 9.43. The Kier molecular flexibility index (Phi) is 6.44. The summed E-state index contributed by atoms with van der Waals surface area (Å²) in [5, 5.41) is 3.15. The zero-order chi connectivity index (χ0) is 15.1. The van der Waals surface area contributed by atoms with Crippen molar-refractivity contribution in [2.45, 2.75) is 26.3 Å². The summed E-state index contributed by atoms with van der Waals surface area (Å²) in [5.74, 6) is 0.711. The van der Waals surface area contributed by atoms with E-state index in [1.807, 2.05) is 6.92 Å². The van der Waals surface area contributed by atoms with E-state index in [4.69, 9.17) is 10.5 Å².